The van der Waals surface area contributed by atoms with Gasteiger partial charge in [0.15, 0.2) is 3.69 Å². The first-order chi connectivity index (χ1) is 17.1. The lowest BCUT2D eigenvalue weighted by Gasteiger charge is -2.13. The minimum Gasteiger partial charge on any atom is -0.450 e. The molecule has 0 saturated heterocycles. The third-order valence-electron chi connectivity index (χ3n) is 6.24. The van der Waals surface area contributed by atoms with E-state index in [-0.39, 0.29) is 5.92 Å². The highest BCUT2D eigenvalue weighted by Crippen LogP contribution is 2.39. The van der Waals surface area contributed by atoms with Crippen molar-refractivity contribution in [1.82, 2.24) is 9.97 Å². The van der Waals surface area contributed by atoms with Gasteiger partial charge in [-0.05, 0) is 41.3 Å². The molecule has 0 fully saturated rings. The molecule has 0 bridgehead atoms. The smallest absolute Gasteiger partial charge is 0.161 e. The fraction of sp³-hybridized carbons (Fsp3) is 0.0968. The topological polar surface area (TPSA) is 35.0 Å². The van der Waals surface area contributed by atoms with Gasteiger partial charge in [0.2, 0.25) is 0 Å². The van der Waals surface area contributed by atoms with Crippen LogP contribution in [0.3, 0.4) is 0 Å². The van der Waals surface area contributed by atoms with Crippen molar-refractivity contribution in [2.24, 2.45) is 0 Å². The van der Waals surface area contributed by atoms with Crippen molar-refractivity contribution < 1.29 is 4.74 Å². The summed E-state index contributed by atoms with van der Waals surface area (Å²) in [6.45, 7) is 4.34. The molecule has 4 heteroatoms. The van der Waals surface area contributed by atoms with E-state index < -0.39 is 18.9 Å². The van der Waals surface area contributed by atoms with Crippen LogP contribution < -0.4 is 4.74 Å². The minimum atomic E-state index is -1.72. The highest BCUT2D eigenvalue weighted by atomic mass is 127. The average Bonchev–Trinajstić information content (AvgIpc) is 3.24. The summed E-state index contributed by atoms with van der Waals surface area (Å²) in [5, 5.41) is 0. The van der Waals surface area contributed by atoms with E-state index in [4.69, 9.17) is 14.7 Å². The normalized spacial score (nSPS) is 13.3. The maximum absolute atomic E-state index is 6.19. The first-order valence-electron chi connectivity index (χ1n) is 11.7. The second kappa shape index (κ2) is 8.93. The van der Waals surface area contributed by atoms with Crippen LogP contribution in [0, 0.1) is 3.57 Å². The summed E-state index contributed by atoms with van der Waals surface area (Å²) in [7, 11) is 0. The lowest BCUT2D eigenvalue weighted by atomic mass is 9.98. The molecule has 0 aliphatic carbocycles. The Bertz CT molecular complexity index is 1640. The monoisotopic (exact) mass is 568 g/mol. The predicted octanol–water partition coefficient (Wildman–Crippen LogP) is 7.77. The Labute approximate surface area is 211 Å². The predicted molar refractivity (Wildman–Crippen MR) is 156 cm³/mol. The van der Waals surface area contributed by atoms with Gasteiger partial charge < -0.3 is 4.74 Å². The molecule has 3 nitrogen and oxygen atoms in total. The maximum atomic E-state index is 6.19. The molecule has 1 aliphatic rings. The molecule has 2 heterocycles. The third-order valence-corrected chi connectivity index (χ3v) is 10.6. The maximum Gasteiger partial charge on any atom is 0.161 e. The fourth-order valence-corrected chi connectivity index (χ4v) is 8.10. The van der Waals surface area contributed by atoms with Gasteiger partial charge in [-0.2, -0.15) is 0 Å². The van der Waals surface area contributed by atoms with Crippen molar-refractivity contribution in [1.29, 1.82) is 0 Å². The van der Waals surface area contributed by atoms with E-state index in [9.17, 15) is 0 Å². The lowest BCUT2D eigenvalue weighted by Crippen LogP contribution is -2.04. The number of fused-ring (bicyclic) bond motifs is 2. The molecule has 1 aliphatic heterocycles. The van der Waals surface area contributed by atoms with Gasteiger partial charge in [-0.25, -0.2) is 9.97 Å². The second-order valence-electron chi connectivity index (χ2n) is 8.92. The van der Waals surface area contributed by atoms with Gasteiger partial charge >= 0.3 is 0 Å². The van der Waals surface area contributed by atoms with Gasteiger partial charge in [-0.15, -0.1) is 0 Å². The van der Waals surface area contributed by atoms with Gasteiger partial charge in [0, 0.05) is 14.7 Å². The van der Waals surface area contributed by atoms with Crippen LogP contribution in [0.2, 0.25) is 0 Å². The highest BCUT2D eigenvalue weighted by molar-refractivity contribution is 14.2. The molecule has 0 amide bonds. The van der Waals surface area contributed by atoms with Crippen LogP contribution in [0.1, 0.15) is 31.0 Å². The molecule has 0 saturated carbocycles. The molecule has 172 valence electrons. The van der Waals surface area contributed by atoms with E-state index in [0.29, 0.717) is 0 Å². The summed E-state index contributed by atoms with van der Waals surface area (Å²) < 4.78 is 13.0. The van der Waals surface area contributed by atoms with E-state index in [1.54, 1.807) is 0 Å². The molecule has 0 unspecified atom stereocenters. The Kier molecular flexibility index (Phi) is 5.61. The van der Waals surface area contributed by atoms with Crippen LogP contribution in [0.5, 0.6) is 5.75 Å². The highest BCUT2D eigenvalue weighted by Gasteiger charge is 2.18. The first kappa shape index (κ1) is 22.0. The van der Waals surface area contributed by atoms with Crippen LogP contribution >= 0.6 is 18.9 Å². The summed E-state index contributed by atoms with van der Waals surface area (Å²) in [5.74, 6) is 1.26. The number of para-hydroxylation sites is 3. The third kappa shape index (κ3) is 4.02. The van der Waals surface area contributed by atoms with Gasteiger partial charge in [-0.3, -0.25) is 0 Å². The van der Waals surface area contributed by atoms with Gasteiger partial charge in [0.1, 0.15) is 5.75 Å². The van der Waals surface area contributed by atoms with Gasteiger partial charge in [0.05, 0.1) is 22.4 Å². The van der Waals surface area contributed by atoms with Crippen molar-refractivity contribution in [2.75, 3.05) is 0 Å². The van der Waals surface area contributed by atoms with E-state index >= 15 is 0 Å². The molecule has 35 heavy (non-hydrogen) atoms. The summed E-state index contributed by atoms with van der Waals surface area (Å²) in [5.41, 5.74) is 8.43. The zero-order valence-corrected chi connectivity index (χ0v) is 21.9. The number of halogens is 1. The van der Waals surface area contributed by atoms with E-state index in [1.807, 2.05) is 36.4 Å². The number of nitrogens with zero attached hydrogens (tertiary/aromatic N) is 2. The van der Waals surface area contributed by atoms with Crippen LogP contribution in [-0.2, 0) is 0 Å². The SMILES string of the molecule is C=I1=C(c2ccc(-c3ccc(-c4nc5ccccc5nc4C(C)C)cc3)cc2)Oc2ccccc21. The number of rotatable bonds is 4. The van der Waals surface area contributed by atoms with Crippen molar-refractivity contribution in [3.63, 3.8) is 0 Å². The molecule has 0 spiro atoms. The Hall–Kier alpha value is -3.51. The van der Waals surface area contributed by atoms with E-state index in [1.165, 1.54) is 14.7 Å². The second-order valence-corrected chi connectivity index (χ2v) is 13.1. The van der Waals surface area contributed by atoms with Crippen LogP contribution in [0.15, 0.2) is 97.1 Å². The van der Waals surface area contributed by atoms with Crippen molar-refractivity contribution in [3.05, 3.63) is 112 Å². The molecule has 5 aromatic rings. The quantitative estimate of drug-likeness (QED) is 0.208. The summed E-state index contributed by atoms with van der Waals surface area (Å²) in [6.07, 6.45) is 0. The zero-order valence-electron chi connectivity index (χ0n) is 19.7. The van der Waals surface area contributed by atoms with Crippen LogP contribution in [-0.4, -0.2) is 18.2 Å². The number of hydrogen-bond donors (Lipinski definition) is 0. The number of ether oxygens (including phenoxy) is 1. The van der Waals surface area contributed by atoms with Crippen molar-refractivity contribution in [2.45, 2.75) is 19.8 Å². The molecule has 6 rings (SSSR count). The van der Waals surface area contributed by atoms with Crippen molar-refractivity contribution >= 4 is 38.1 Å². The fourth-order valence-electron chi connectivity index (χ4n) is 4.39. The lowest BCUT2D eigenvalue weighted by molar-refractivity contribution is 0.567. The Morgan fingerprint density at radius 1 is 0.657 bits per heavy atom. The average molecular weight is 568 g/mol. The number of aromatic nitrogens is 2. The summed E-state index contributed by atoms with van der Waals surface area (Å²) in [4.78, 5) is 9.89. The summed E-state index contributed by atoms with van der Waals surface area (Å²) in [6, 6.07) is 33.6. The standard InChI is InChI=1S/C31H25IN2O/c1-20(2)29-30(34-27-10-6-5-9-26(27)33-29)23-16-12-21(13-17-23)22-14-18-24(19-15-22)31-32(3)25-8-4-7-11-28(25)35-31/h4-20H,3H2,1-2H3. The Balaban J connectivity index is 1.31. The van der Waals surface area contributed by atoms with Gasteiger partial charge in [0.25, 0.3) is 0 Å². The number of benzene rings is 4. The number of hydrogen-bond acceptors (Lipinski definition) is 3. The van der Waals surface area contributed by atoms with E-state index in [2.05, 4.69) is 79.0 Å². The van der Waals surface area contributed by atoms with Crippen LogP contribution in [0.4, 0.5) is 0 Å². The van der Waals surface area contributed by atoms with Crippen LogP contribution in [0.25, 0.3) is 33.4 Å². The molecule has 0 atom stereocenters. The Morgan fingerprint density at radius 3 is 1.83 bits per heavy atom. The molecular formula is C31H25IN2O. The van der Waals surface area contributed by atoms with E-state index in [0.717, 1.165) is 43.0 Å². The molecular weight excluding hydrogens is 543 g/mol. The Morgan fingerprint density at radius 2 is 1.20 bits per heavy atom. The van der Waals surface area contributed by atoms with Gasteiger partial charge in [-0.1, -0.05) is 110 Å². The molecule has 0 radical (unpaired) electrons. The summed E-state index contributed by atoms with van der Waals surface area (Å²) >= 11 is -1.72. The zero-order chi connectivity index (χ0) is 23.9. The first-order valence-corrected chi connectivity index (χ1v) is 15.4. The molecule has 0 N–H and O–H groups in total. The molecule has 4 aromatic carbocycles. The minimum absolute atomic E-state index is 0.289. The van der Waals surface area contributed by atoms with Crippen molar-refractivity contribution in [3.8, 4) is 28.1 Å². The largest absolute Gasteiger partial charge is 0.450 e. The molecule has 1 aromatic heterocycles.